The molecule has 144 valence electrons. The molecule has 2 aromatic carbocycles. The van der Waals surface area contributed by atoms with Gasteiger partial charge in [-0.25, -0.2) is 4.79 Å². The first-order valence-electron chi connectivity index (χ1n) is 8.99. The number of carbonyl (C=O) groups excluding carboxylic acids is 1. The molecule has 0 unspecified atom stereocenters. The van der Waals surface area contributed by atoms with E-state index in [4.69, 9.17) is 11.6 Å². The van der Waals surface area contributed by atoms with Crippen LogP contribution in [-0.4, -0.2) is 17.0 Å². The normalized spacial score (nSPS) is 10.6. The zero-order valence-corrected chi connectivity index (χ0v) is 16.7. The van der Waals surface area contributed by atoms with Crippen molar-refractivity contribution in [3.8, 4) is 11.1 Å². The Hall–Kier alpha value is -2.63. The van der Waals surface area contributed by atoms with Gasteiger partial charge in [-0.3, -0.25) is 4.79 Å². The smallest absolute Gasteiger partial charge is 0.339 e. The zero-order chi connectivity index (χ0) is 19.9. The maximum atomic E-state index is 12.3. The Bertz CT molecular complexity index is 952. The number of aryl methyl sites for hydroxylation is 1. The van der Waals surface area contributed by atoms with Crippen molar-refractivity contribution in [2.45, 2.75) is 25.7 Å². The average Bonchev–Trinajstić information content (AvgIpc) is 3.10. The van der Waals surface area contributed by atoms with Gasteiger partial charge in [0.1, 0.15) is 10.6 Å². The summed E-state index contributed by atoms with van der Waals surface area (Å²) in [6.07, 6.45) is 2.94. The summed E-state index contributed by atoms with van der Waals surface area (Å²) in [5.41, 5.74) is 2.70. The first-order valence-corrected chi connectivity index (χ1v) is 10.2. The minimum Gasteiger partial charge on any atom is -0.478 e. The van der Waals surface area contributed by atoms with Crippen LogP contribution in [0.3, 0.4) is 0 Å². The van der Waals surface area contributed by atoms with Crippen molar-refractivity contribution in [3.05, 3.63) is 76.1 Å². The number of nitrogens with one attached hydrogen (secondary N) is 1. The number of thiophene rings is 1. The molecule has 28 heavy (non-hydrogen) atoms. The maximum absolute atomic E-state index is 12.3. The Balaban J connectivity index is 1.61. The van der Waals surface area contributed by atoms with E-state index in [1.807, 2.05) is 18.2 Å². The summed E-state index contributed by atoms with van der Waals surface area (Å²) in [4.78, 5) is 24.0. The van der Waals surface area contributed by atoms with E-state index in [1.54, 1.807) is 29.6 Å². The number of carboxylic acid groups (broad SMARTS) is 1. The van der Waals surface area contributed by atoms with E-state index in [-0.39, 0.29) is 11.5 Å². The topological polar surface area (TPSA) is 66.4 Å². The van der Waals surface area contributed by atoms with Crippen LogP contribution in [0.15, 0.2) is 60.0 Å². The lowest BCUT2D eigenvalue weighted by Crippen LogP contribution is -2.13. The van der Waals surface area contributed by atoms with E-state index in [0.717, 1.165) is 24.8 Å². The van der Waals surface area contributed by atoms with Gasteiger partial charge in [0.05, 0.1) is 0 Å². The predicted octanol–water partition coefficient (Wildman–Crippen LogP) is 6.12. The van der Waals surface area contributed by atoms with Crippen molar-refractivity contribution in [2.24, 2.45) is 0 Å². The van der Waals surface area contributed by atoms with Crippen LogP contribution in [0.1, 0.15) is 35.2 Å². The second-order valence-corrected chi connectivity index (χ2v) is 7.72. The number of unbranched alkanes of at least 4 members (excludes halogenated alkanes) is 1. The molecule has 6 heteroatoms. The lowest BCUT2D eigenvalue weighted by molar-refractivity contribution is -0.116. The van der Waals surface area contributed by atoms with Gasteiger partial charge in [-0.15, -0.1) is 11.3 Å². The Morgan fingerprint density at radius 3 is 2.39 bits per heavy atom. The van der Waals surface area contributed by atoms with E-state index in [1.165, 1.54) is 16.9 Å². The first-order chi connectivity index (χ1) is 13.5. The van der Waals surface area contributed by atoms with Crippen LogP contribution < -0.4 is 5.32 Å². The molecule has 0 aliphatic rings. The number of benzene rings is 2. The number of amides is 1. The molecule has 0 saturated carbocycles. The van der Waals surface area contributed by atoms with Gasteiger partial charge in [0.25, 0.3) is 0 Å². The second-order valence-electron chi connectivity index (χ2n) is 6.41. The number of halogens is 1. The van der Waals surface area contributed by atoms with Crippen molar-refractivity contribution >= 4 is 39.8 Å². The number of carbonyl (C=O) groups is 2. The molecule has 1 heterocycles. The zero-order valence-electron chi connectivity index (χ0n) is 15.2. The number of carboxylic acids is 1. The SMILES string of the molecule is O=C(CCCCc1ccccc1)Nc1scc(-c2ccc(Cl)cc2)c1C(=O)O. The fourth-order valence-electron chi connectivity index (χ4n) is 2.95. The largest absolute Gasteiger partial charge is 0.478 e. The number of aromatic carboxylic acids is 1. The van der Waals surface area contributed by atoms with Crippen LogP contribution in [0.4, 0.5) is 5.00 Å². The molecule has 3 rings (SSSR count). The van der Waals surface area contributed by atoms with Crippen molar-refractivity contribution in [1.82, 2.24) is 0 Å². The summed E-state index contributed by atoms with van der Waals surface area (Å²) in [6.45, 7) is 0. The monoisotopic (exact) mass is 413 g/mol. The Labute approximate surface area is 172 Å². The summed E-state index contributed by atoms with van der Waals surface area (Å²) in [5, 5.41) is 15.1. The lowest BCUT2D eigenvalue weighted by Gasteiger charge is -2.06. The number of rotatable bonds is 8. The highest BCUT2D eigenvalue weighted by atomic mass is 35.5. The maximum Gasteiger partial charge on any atom is 0.339 e. The summed E-state index contributed by atoms with van der Waals surface area (Å²) in [7, 11) is 0. The highest BCUT2D eigenvalue weighted by molar-refractivity contribution is 7.15. The van der Waals surface area contributed by atoms with Gasteiger partial charge in [-0.1, -0.05) is 54.1 Å². The molecule has 0 radical (unpaired) electrons. The van der Waals surface area contributed by atoms with Crippen LogP contribution in [0.2, 0.25) is 5.02 Å². The number of hydrogen-bond donors (Lipinski definition) is 2. The second kappa shape index (κ2) is 9.53. The molecule has 4 nitrogen and oxygen atoms in total. The average molecular weight is 414 g/mol. The molecule has 0 bridgehead atoms. The van der Waals surface area contributed by atoms with Crippen LogP contribution in [-0.2, 0) is 11.2 Å². The molecule has 0 atom stereocenters. The standard InChI is InChI=1S/C22H20ClNO3S/c23-17-12-10-16(11-13-17)18-14-28-21(20(18)22(26)27)24-19(25)9-5-4-8-15-6-2-1-3-7-15/h1-3,6-7,10-14H,4-5,8-9H2,(H,24,25)(H,26,27). The summed E-state index contributed by atoms with van der Waals surface area (Å²) >= 11 is 7.13. The third-order valence-corrected chi connectivity index (χ3v) is 5.52. The Morgan fingerprint density at radius 1 is 1.00 bits per heavy atom. The molecule has 0 saturated heterocycles. The molecule has 0 spiro atoms. The number of anilines is 1. The highest BCUT2D eigenvalue weighted by Gasteiger charge is 2.21. The minimum absolute atomic E-state index is 0.116. The van der Waals surface area contributed by atoms with Crippen molar-refractivity contribution < 1.29 is 14.7 Å². The molecule has 0 aliphatic heterocycles. The van der Waals surface area contributed by atoms with E-state index in [0.29, 0.717) is 22.0 Å². The van der Waals surface area contributed by atoms with Crippen LogP contribution in [0.5, 0.6) is 0 Å². The summed E-state index contributed by atoms with van der Waals surface area (Å²) < 4.78 is 0. The Kier molecular flexibility index (Phi) is 6.85. The van der Waals surface area contributed by atoms with E-state index in [2.05, 4.69) is 17.4 Å². The molecular formula is C22H20ClNO3S. The van der Waals surface area contributed by atoms with Crippen molar-refractivity contribution in [1.29, 1.82) is 0 Å². The molecule has 3 aromatic rings. The van der Waals surface area contributed by atoms with Gasteiger partial charge in [0.2, 0.25) is 5.91 Å². The molecule has 0 fully saturated rings. The Morgan fingerprint density at radius 2 is 1.71 bits per heavy atom. The summed E-state index contributed by atoms with van der Waals surface area (Å²) in [6, 6.07) is 17.1. The fourth-order valence-corrected chi connectivity index (χ4v) is 4.06. The van der Waals surface area contributed by atoms with Gasteiger partial charge in [-0.05, 0) is 42.5 Å². The lowest BCUT2D eigenvalue weighted by atomic mass is 10.0. The molecule has 2 N–H and O–H groups in total. The molecule has 0 aliphatic carbocycles. The van der Waals surface area contributed by atoms with Crippen molar-refractivity contribution in [3.63, 3.8) is 0 Å². The summed E-state index contributed by atoms with van der Waals surface area (Å²) in [5.74, 6) is -1.23. The van der Waals surface area contributed by atoms with Gasteiger partial charge in [-0.2, -0.15) is 0 Å². The fraction of sp³-hybridized carbons (Fsp3) is 0.182. The molecule has 1 aromatic heterocycles. The van der Waals surface area contributed by atoms with E-state index in [9.17, 15) is 14.7 Å². The van der Waals surface area contributed by atoms with Crippen molar-refractivity contribution in [2.75, 3.05) is 5.32 Å². The van der Waals surface area contributed by atoms with Gasteiger partial charge in [0.15, 0.2) is 0 Å². The van der Waals surface area contributed by atoms with E-state index < -0.39 is 5.97 Å². The predicted molar refractivity (Wildman–Crippen MR) is 114 cm³/mol. The highest BCUT2D eigenvalue weighted by Crippen LogP contribution is 2.36. The number of hydrogen-bond acceptors (Lipinski definition) is 3. The van der Waals surface area contributed by atoms with Crippen LogP contribution in [0.25, 0.3) is 11.1 Å². The quantitative estimate of drug-likeness (QED) is 0.437. The molecular weight excluding hydrogens is 394 g/mol. The van der Waals surface area contributed by atoms with Crippen LogP contribution >= 0.6 is 22.9 Å². The third-order valence-electron chi connectivity index (χ3n) is 4.38. The van der Waals surface area contributed by atoms with Gasteiger partial charge < -0.3 is 10.4 Å². The molecule has 1 amide bonds. The third kappa shape index (κ3) is 5.21. The van der Waals surface area contributed by atoms with Gasteiger partial charge >= 0.3 is 5.97 Å². The van der Waals surface area contributed by atoms with Crippen LogP contribution in [0, 0.1) is 0 Å². The van der Waals surface area contributed by atoms with Gasteiger partial charge in [0, 0.05) is 22.4 Å². The first kappa shape index (κ1) is 20.1. The van der Waals surface area contributed by atoms with E-state index >= 15 is 0 Å². The minimum atomic E-state index is -1.06.